The third-order valence-electron chi connectivity index (χ3n) is 4.75. The first kappa shape index (κ1) is 19.7. The first-order valence-electron chi connectivity index (χ1n) is 9.41. The number of aromatic nitrogens is 1. The SMILES string of the molecule is Cc1ccc(C=CC(=O)Nc2ccc(S(=O)(=O)n3ccc4ccccc43)cc2)cc1. The number of nitrogens with one attached hydrogen (secondary N) is 1. The van der Waals surface area contributed by atoms with Gasteiger partial charge in [-0.15, -0.1) is 0 Å². The number of hydrogen-bond acceptors (Lipinski definition) is 3. The van der Waals surface area contributed by atoms with Crippen LogP contribution in [0.1, 0.15) is 11.1 Å². The highest BCUT2D eigenvalue weighted by Crippen LogP contribution is 2.23. The molecular weight excluding hydrogens is 396 g/mol. The average Bonchev–Trinajstić information content (AvgIpc) is 3.19. The molecule has 6 heteroatoms. The van der Waals surface area contributed by atoms with Crippen molar-refractivity contribution in [3.05, 3.63) is 102 Å². The summed E-state index contributed by atoms with van der Waals surface area (Å²) in [7, 11) is -3.73. The van der Waals surface area contributed by atoms with Crippen LogP contribution in [0.3, 0.4) is 0 Å². The van der Waals surface area contributed by atoms with Crippen molar-refractivity contribution in [1.29, 1.82) is 0 Å². The molecule has 4 aromatic rings. The van der Waals surface area contributed by atoms with E-state index in [1.807, 2.05) is 43.3 Å². The molecule has 0 bridgehead atoms. The fourth-order valence-electron chi connectivity index (χ4n) is 3.12. The molecule has 1 amide bonds. The number of amides is 1. The van der Waals surface area contributed by atoms with Gasteiger partial charge in [0, 0.05) is 23.3 Å². The number of anilines is 1. The fraction of sp³-hybridized carbons (Fsp3) is 0.0417. The van der Waals surface area contributed by atoms with Gasteiger partial charge in [-0.2, -0.15) is 0 Å². The Morgan fingerprint density at radius 1 is 0.900 bits per heavy atom. The maximum atomic E-state index is 13.0. The van der Waals surface area contributed by atoms with Crippen molar-refractivity contribution in [2.24, 2.45) is 0 Å². The Labute approximate surface area is 175 Å². The summed E-state index contributed by atoms with van der Waals surface area (Å²) in [4.78, 5) is 12.3. The topological polar surface area (TPSA) is 68.2 Å². The number of aryl methyl sites for hydroxylation is 1. The van der Waals surface area contributed by atoms with Gasteiger partial charge in [0.15, 0.2) is 0 Å². The van der Waals surface area contributed by atoms with Gasteiger partial charge in [0.2, 0.25) is 5.91 Å². The molecule has 30 heavy (non-hydrogen) atoms. The van der Waals surface area contributed by atoms with Crippen molar-refractivity contribution in [2.75, 3.05) is 5.32 Å². The maximum Gasteiger partial charge on any atom is 0.268 e. The van der Waals surface area contributed by atoms with E-state index < -0.39 is 10.0 Å². The first-order valence-corrected chi connectivity index (χ1v) is 10.8. The van der Waals surface area contributed by atoms with Crippen LogP contribution in [0, 0.1) is 6.92 Å². The van der Waals surface area contributed by atoms with E-state index in [1.54, 1.807) is 42.6 Å². The molecule has 0 aliphatic heterocycles. The van der Waals surface area contributed by atoms with Gasteiger partial charge in [-0.25, -0.2) is 12.4 Å². The van der Waals surface area contributed by atoms with Crippen LogP contribution in [-0.4, -0.2) is 18.3 Å². The third-order valence-corrected chi connectivity index (χ3v) is 6.45. The predicted octanol–water partition coefficient (Wildman–Crippen LogP) is 4.84. The zero-order valence-corrected chi connectivity index (χ0v) is 17.1. The van der Waals surface area contributed by atoms with Gasteiger partial charge < -0.3 is 5.32 Å². The predicted molar refractivity (Wildman–Crippen MR) is 120 cm³/mol. The minimum Gasteiger partial charge on any atom is -0.323 e. The first-order chi connectivity index (χ1) is 14.4. The van der Waals surface area contributed by atoms with Gasteiger partial charge in [0.25, 0.3) is 10.0 Å². The van der Waals surface area contributed by atoms with E-state index in [9.17, 15) is 13.2 Å². The lowest BCUT2D eigenvalue weighted by Gasteiger charge is -2.09. The smallest absolute Gasteiger partial charge is 0.268 e. The molecule has 0 atom stereocenters. The summed E-state index contributed by atoms with van der Waals surface area (Å²) in [6.07, 6.45) is 4.72. The number of fused-ring (bicyclic) bond motifs is 1. The van der Waals surface area contributed by atoms with Crippen LogP contribution in [0.5, 0.6) is 0 Å². The summed E-state index contributed by atoms with van der Waals surface area (Å²) >= 11 is 0. The fourth-order valence-corrected chi connectivity index (χ4v) is 4.48. The second-order valence-corrected chi connectivity index (χ2v) is 8.75. The zero-order valence-electron chi connectivity index (χ0n) is 16.3. The Balaban J connectivity index is 1.49. The highest BCUT2D eigenvalue weighted by Gasteiger charge is 2.18. The van der Waals surface area contributed by atoms with E-state index >= 15 is 0 Å². The molecule has 0 saturated heterocycles. The molecule has 0 fully saturated rings. The van der Waals surface area contributed by atoms with Gasteiger partial charge in [-0.05, 0) is 55.0 Å². The molecule has 0 spiro atoms. The summed E-state index contributed by atoms with van der Waals surface area (Å²) in [6, 6.07) is 23.0. The standard InChI is InChI=1S/C24H20N2O3S/c1-18-6-8-19(9-7-18)10-15-24(27)25-21-11-13-22(14-12-21)30(28,29)26-17-16-20-4-2-3-5-23(20)26/h2-17H,1H3,(H,25,27). The molecule has 3 aromatic carbocycles. The Morgan fingerprint density at radius 2 is 1.60 bits per heavy atom. The van der Waals surface area contributed by atoms with Crippen molar-refractivity contribution < 1.29 is 13.2 Å². The van der Waals surface area contributed by atoms with Crippen LogP contribution in [-0.2, 0) is 14.8 Å². The summed E-state index contributed by atoms with van der Waals surface area (Å²) < 4.78 is 27.2. The van der Waals surface area contributed by atoms with E-state index in [0.29, 0.717) is 11.2 Å². The Kier molecular flexibility index (Phi) is 5.25. The monoisotopic (exact) mass is 416 g/mol. The van der Waals surface area contributed by atoms with Crippen molar-refractivity contribution in [2.45, 2.75) is 11.8 Å². The minimum atomic E-state index is -3.73. The highest BCUT2D eigenvalue weighted by molar-refractivity contribution is 7.90. The quantitative estimate of drug-likeness (QED) is 0.474. The number of para-hydroxylation sites is 1. The normalized spacial score (nSPS) is 11.8. The molecule has 150 valence electrons. The van der Waals surface area contributed by atoms with Crippen LogP contribution in [0.25, 0.3) is 17.0 Å². The maximum absolute atomic E-state index is 13.0. The summed E-state index contributed by atoms with van der Waals surface area (Å²) in [5.41, 5.74) is 3.22. The van der Waals surface area contributed by atoms with Crippen LogP contribution in [0.2, 0.25) is 0 Å². The van der Waals surface area contributed by atoms with Crippen LogP contribution in [0.4, 0.5) is 5.69 Å². The minimum absolute atomic E-state index is 0.150. The number of benzene rings is 3. The lowest BCUT2D eigenvalue weighted by atomic mass is 10.1. The van der Waals surface area contributed by atoms with Crippen LogP contribution >= 0.6 is 0 Å². The van der Waals surface area contributed by atoms with E-state index in [1.165, 1.54) is 22.2 Å². The van der Waals surface area contributed by atoms with Gasteiger partial charge >= 0.3 is 0 Å². The van der Waals surface area contributed by atoms with Crippen LogP contribution < -0.4 is 5.32 Å². The number of hydrogen-bond donors (Lipinski definition) is 1. The number of carbonyl (C=O) groups is 1. The molecule has 5 nitrogen and oxygen atoms in total. The summed E-state index contributed by atoms with van der Waals surface area (Å²) in [5, 5.41) is 3.59. The van der Waals surface area contributed by atoms with Crippen molar-refractivity contribution >= 4 is 38.6 Å². The zero-order chi connectivity index (χ0) is 21.1. The largest absolute Gasteiger partial charge is 0.323 e. The van der Waals surface area contributed by atoms with Gasteiger partial charge in [-0.3, -0.25) is 4.79 Å². The summed E-state index contributed by atoms with van der Waals surface area (Å²) in [6.45, 7) is 2.00. The Bertz CT molecular complexity index is 1330. The average molecular weight is 417 g/mol. The van der Waals surface area contributed by atoms with Gasteiger partial charge in [-0.1, -0.05) is 48.0 Å². The Hall–Kier alpha value is -3.64. The second-order valence-electron chi connectivity index (χ2n) is 6.93. The molecule has 4 rings (SSSR count). The number of carbonyl (C=O) groups excluding carboxylic acids is 1. The van der Waals surface area contributed by atoms with E-state index in [2.05, 4.69) is 5.32 Å². The van der Waals surface area contributed by atoms with E-state index in [-0.39, 0.29) is 10.8 Å². The second kappa shape index (κ2) is 8.00. The molecule has 0 unspecified atom stereocenters. The van der Waals surface area contributed by atoms with Crippen molar-refractivity contribution in [3.63, 3.8) is 0 Å². The van der Waals surface area contributed by atoms with E-state index in [0.717, 1.165) is 16.5 Å². The Morgan fingerprint density at radius 3 is 2.33 bits per heavy atom. The third kappa shape index (κ3) is 4.04. The molecule has 0 aliphatic carbocycles. The van der Waals surface area contributed by atoms with Gasteiger partial charge in [0.1, 0.15) is 0 Å². The van der Waals surface area contributed by atoms with Crippen LogP contribution in [0.15, 0.2) is 96.0 Å². The molecule has 0 radical (unpaired) electrons. The van der Waals surface area contributed by atoms with Gasteiger partial charge in [0.05, 0.1) is 10.4 Å². The lowest BCUT2D eigenvalue weighted by molar-refractivity contribution is -0.111. The van der Waals surface area contributed by atoms with Crippen molar-refractivity contribution in [3.8, 4) is 0 Å². The lowest BCUT2D eigenvalue weighted by Crippen LogP contribution is -2.12. The molecule has 1 aromatic heterocycles. The van der Waals surface area contributed by atoms with E-state index in [4.69, 9.17) is 0 Å². The molecule has 1 N–H and O–H groups in total. The number of nitrogens with zero attached hydrogens (tertiary/aromatic N) is 1. The number of rotatable bonds is 5. The van der Waals surface area contributed by atoms with Crippen molar-refractivity contribution in [1.82, 2.24) is 3.97 Å². The molecular formula is C24H20N2O3S. The molecule has 0 aliphatic rings. The highest BCUT2D eigenvalue weighted by atomic mass is 32.2. The summed E-state index contributed by atoms with van der Waals surface area (Å²) in [5.74, 6) is -0.289. The molecule has 1 heterocycles. The molecule has 0 saturated carbocycles.